The van der Waals surface area contributed by atoms with E-state index in [0.29, 0.717) is 37.7 Å². The fourth-order valence-electron chi connectivity index (χ4n) is 2.84. The van der Waals surface area contributed by atoms with E-state index in [0.717, 1.165) is 5.56 Å². The summed E-state index contributed by atoms with van der Waals surface area (Å²) in [5.74, 6) is 0.305. The Bertz CT molecular complexity index is 922. The highest BCUT2D eigenvalue weighted by Crippen LogP contribution is 2.20. The average molecular weight is 404 g/mol. The van der Waals surface area contributed by atoms with Crippen LogP contribution in [-0.2, 0) is 19.6 Å². The van der Waals surface area contributed by atoms with E-state index in [2.05, 4.69) is 5.32 Å². The lowest BCUT2D eigenvalue weighted by atomic mass is 10.2. The van der Waals surface area contributed by atoms with Crippen LogP contribution in [0.15, 0.2) is 53.4 Å². The smallest absolute Gasteiger partial charge is 0.265 e. The van der Waals surface area contributed by atoms with Gasteiger partial charge in [0.05, 0.1) is 18.1 Å². The maximum absolute atomic E-state index is 12.6. The van der Waals surface area contributed by atoms with Crippen LogP contribution in [0.4, 0.5) is 5.69 Å². The van der Waals surface area contributed by atoms with Crippen molar-refractivity contribution in [1.29, 1.82) is 0 Å². The topological polar surface area (TPSA) is 84.9 Å². The predicted molar refractivity (Wildman–Crippen MR) is 106 cm³/mol. The van der Waals surface area contributed by atoms with Gasteiger partial charge in [0.1, 0.15) is 5.75 Å². The minimum Gasteiger partial charge on any atom is -0.481 e. The lowest BCUT2D eigenvalue weighted by Crippen LogP contribution is -2.40. The fourth-order valence-corrected chi connectivity index (χ4v) is 4.24. The highest BCUT2D eigenvalue weighted by atomic mass is 32.2. The van der Waals surface area contributed by atoms with Crippen molar-refractivity contribution in [3.05, 3.63) is 54.1 Å². The summed E-state index contributed by atoms with van der Waals surface area (Å²) in [7, 11) is -3.55. The third-order valence-corrected chi connectivity index (χ3v) is 6.31. The number of anilines is 1. The average Bonchev–Trinajstić information content (AvgIpc) is 2.69. The summed E-state index contributed by atoms with van der Waals surface area (Å²) in [6, 6.07) is 13.6. The van der Waals surface area contributed by atoms with Gasteiger partial charge in [-0.3, -0.25) is 4.79 Å². The molecule has 0 saturated carbocycles. The normalized spacial score (nSPS) is 16.4. The van der Waals surface area contributed by atoms with Crippen LogP contribution in [0.2, 0.25) is 0 Å². The number of carbonyl (C=O) groups is 1. The Hall–Kier alpha value is -2.42. The SMILES string of the molecule is Cc1cccc(OC(C)C(=O)Nc2ccc(S(=O)(=O)N3CCOCC3)cc2)c1. The Balaban J connectivity index is 1.62. The minimum atomic E-state index is -3.55. The molecule has 1 aliphatic heterocycles. The van der Waals surface area contributed by atoms with Gasteiger partial charge in [-0.25, -0.2) is 8.42 Å². The number of carbonyl (C=O) groups excluding carboxylic acids is 1. The summed E-state index contributed by atoms with van der Waals surface area (Å²) < 4.78 is 37.5. The Labute approximate surface area is 165 Å². The molecule has 0 aromatic heterocycles. The molecule has 2 aromatic carbocycles. The van der Waals surface area contributed by atoms with E-state index in [1.165, 1.54) is 16.4 Å². The zero-order valence-corrected chi connectivity index (χ0v) is 16.7. The van der Waals surface area contributed by atoms with Crippen molar-refractivity contribution in [3.63, 3.8) is 0 Å². The first-order valence-corrected chi connectivity index (χ1v) is 10.5. The van der Waals surface area contributed by atoms with E-state index in [4.69, 9.17) is 9.47 Å². The molecular weight excluding hydrogens is 380 g/mol. The number of hydrogen-bond acceptors (Lipinski definition) is 5. The molecule has 28 heavy (non-hydrogen) atoms. The molecule has 3 rings (SSSR count). The van der Waals surface area contributed by atoms with Gasteiger partial charge in [-0.2, -0.15) is 4.31 Å². The molecule has 2 aromatic rings. The summed E-state index contributed by atoms with van der Waals surface area (Å²) in [4.78, 5) is 12.5. The Morgan fingerprint density at radius 3 is 2.46 bits per heavy atom. The first kappa shape index (κ1) is 20.3. The maximum atomic E-state index is 12.6. The zero-order chi connectivity index (χ0) is 20.1. The van der Waals surface area contributed by atoms with Crippen molar-refractivity contribution < 1.29 is 22.7 Å². The van der Waals surface area contributed by atoms with Gasteiger partial charge in [0, 0.05) is 18.8 Å². The number of nitrogens with one attached hydrogen (secondary N) is 1. The molecular formula is C20H24N2O5S. The van der Waals surface area contributed by atoms with E-state index in [1.807, 2.05) is 25.1 Å². The lowest BCUT2D eigenvalue weighted by Gasteiger charge is -2.26. The minimum absolute atomic E-state index is 0.191. The van der Waals surface area contributed by atoms with Gasteiger partial charge < -0.3 is 14.8 Å². The number of rotatable bonds is 6. The largest absolute Gasteiger partial charge is 0.481 e. The van der Waals surface area contributed by atoms with Gasteiger partial charge in [-0.15, -0.1) is 0 Å². The number of ether oxygens (including phenoxy) is 2. The Morgan fingerprint density at radius 1 is 1.14 bits per heavy atom. The number of morpholine rings is 1. The number of aryl methyl sites for hydroxylation is 1. The van der Waals surface area contributed by atoms with Crippen LogP contribution >= 0.6 is 0 Å². The summed E-state index contributed by atoms with van der Waals surface area (Å²) in [6.07, 6.45) is -0.696. The molecule has 8 heteroatoms. The van der Waals surface area contributed by atoms with Crippen LogP contribution < -0.4 is 10.1 Å². The third-order valence-electron chi connectivity index (χ3n) is 4.40. The fraction of sp³-hybridized carbons (Fsp3) is 0.350. The summed E-state index contributed by atoms with van der Waals surface area (Å²) >= 11 is 0. The van der Waals surface area contributed by atoms with Crippen molar-refractivity contribution in [1.82, 2.24) is 4.31 Å². The molecule has 1 aliphatic rings. The molecule has 0 bridgehead atoms. The Kier molecular flexibility index (Phi) is 6.33. The molecule has 0 spiro atoms. The number of sulfonamides is 1. The van der Waals surface area contributed by atoms with E-state index < -0.39 is 16.1 Å². The molecule has 1 unspecified atom stereocenters. The van der Waals surface area contributed by atoms with Crippen LogP contribution in [0.25, 0.3) is 0 Å². The number of benzene rings is 2. The summed E-state index contributed by atoms with van der Waals surface area (Å²) in [5, 5.41) is 2.74. The van der Waals surface area contributed by atoms with Gasteiger partial charge >= 0.3 is 0 Å². The molecule has 0 aliphatic carbocycles. The third kappa shape index (κ3) is 4.89. The summed E-state index contributed by atoms with van der Waals surface area (Å²) in [6.45, 7) is 5.08. The highest BCUT2D eigenvalue weighted by Gasteiger charge is 2.26. The van der Waals surface area contributed by atoms with Crippen LogP contribution in [-0.4, -0.2) is 51.0 Å². The Morgan fingerprint density at radius 2 is 1.82 bits per heavy atom. The van der Waals surface area contributed by atoms with Crippen LogP contribution in [0.3, 0.4) is 0 Å². The van der Waals surface area contributed by atoms with Crippen LogP contribution in [0.5, 0.6) is 5.75 Å². The molecule has 1 heterocycles. The molecule has 150 valence electrons. The van der Waals surface area contributed by atoms with Crippen molar-refractivity contribution in [2.75, 3.05) is 31.6 Å². The second kappa shape index (κ2) is 8.72. The van der Waals surface area contributed by atoms with Crippen molar-refractivity contribution in [2.45, 2.75) is 24.8 Å². The second-order valence-corrected chi connectivity index (χ2v) is 8.54. The molecule has 0 radical (unpaired) electrons. The van der Waals surface area contributed by atoms with E-state index in [1.54, 1.807) is 25.1 Å². The second-order valence-electron chi connectivity index (χ2n) is 6.61. The number of amides is 1. The van der Waals surface area contributed by atoms with E-state index >= 15 is 0 Å². The van der Waals surface area contributed by atoms with Gasteiger partial charge in [0.15, 0.2) is 6.10 Å². The standard InChI is InChI=1S/C20H24N2O5S/c1-15-4-3-5-18(14-15)27-16(2)20(23)21-17-6-8-19(9-7-17)28(24,25)22-10-12-26-13-11-22/h3-9,14,16H,10-13H2,1-2H3,(H,21,23). The predicted octanol–water partition coefficient (Wildman–Crippen LogP) is 2.42. The first-order valence-electron chi connectivity index (χ1n) is 9.08. The molecule has 1 fully saturated rings. The van der Waals surface area contributed by atoms with E-state index in [-0.39, 0.29) is 10.8 Å². The van der Waals surface area contributed by atoms with Crippen LogP contribution in [0.1, 0.15) is 12.5 Å². The maximum Gasteiger partial charge on any atom is 0.265 e. The lowest BCUT2D eigenvalue weighted by molar-refractivity contribution is -0.122. The first-order chi connectivity index (χ1) is 13.4. The van der Waals surface area contributed by atoms with Gasteiger partial charge in [0.25, 0.3) is 5.91 Å². The van der Waals surface area contributed by atoms with E-state index in [9.17, 15) is 13.2 Å². The quantitative estimate of drug-likeness (QED) is 0.799. The number of hydrogen-bond donors (Lipinski definition) is 1. The monoisotopic (exact) mass is 404 g/mol. The zero-order valence-electron chi connectivity index (χ0n) is 15.9. The van der Waals surface area contributed by atoms with Crippen molar-refractivity contribution in [2.24, 2.45) is 0 Å². The molecule has 1 atom stereocenters. The highest BCUT2D eigenvalue weighted by molar-refractivity contribution is 7.89. The van der Waals surface area contributed by atoms with Crippen molar-refractivity contribution >= 4 is 21.6 Å². The van der Waals surface area contributed by atoms with Gasteiger partial charge in [-0.1, -0.05) is 12.1 Å². The number of nitrogens with zero attached hydrogens (tertiary/aromatic N) is 1. The molecule has 7 nitrogen and oxygen atoms in total. The van der Waals surface area contributed by atoms with Crippen LogP contribution in [0, 0.1) is 6.92 Å². The molecule has 1 N–H and O–H groups in total. The van der Waals surface area contributed by atoms with Gasteiger partial charge in [-0.05, 0) is 55.8 Å². The van der Waals surface area contributed by atoms with Crippen molar-refractivity contribution in [3.8, 4) is 5.75 Å². The van der Waals surface area contributed by atoms with Gasteiger partial charge in [0.2, 0.25) is 10.0 Å². The molecule has 1 amide bonds. The molecule has 1 saturated heterocycles. The summed E-state index contributed by atoms with van der Waals surface area (Å²) in [5.41, 5.74) is 1.55.